The summed E-state index contributed by atoms with van der Waals surface area (Å²) in [4.78, 5) is 17.5. The van der Waals surface area contributed by atoms with Crippen molar-refractivity contribution in [2.75, 3.05) is 18.9 Å². The molecule has 4 rings (SSSR count). The van der Waals surface area contributed by atoms with Crippen molar-refractivity contribution in [1.82, 2.24) is 4.57 Å². The molecule has 0 aliphatic heterocycles. The summed E-state index contributed by atoms with van der Waals surface area (Å²) in [5.74, 6) is 2.45. The number of ether oxygens (including phenoxy) is 2. The topological polar surface area (TPSA) is 99.0 Å². The summed E-state index contributed by atoms with van der Waals surface area (Å²) >= 11 is 1.25. The Bertz CT molecular complexity index is 1670. The molecule has 184 valence electrons. The third-order valence-corrected chi connectivity index (χ3v) is 7.56. The molecule has 1 heterocycles. The Morgan fingerprint density at radius 1 is 1.11 bits per heavy atom. The van der Waals surface area contributed by atoms with Gasteiger partial charge in [0, 0.05) is 23.4 Å². The lowest BCUT2D eigenvalue weighted by Gasteiger charge is -2.09. The third kappa shape index (κ3) is 5.10. The van der Waals surface area contributed by atoms with Gasteiger partial charge in [0.15, 0.2) is 16.3 Å². The summed E-state index contributed by atoms with van der Waals surface area (Å²) in [6, 6.07) is 13.9. The number of benzene rings is 3. The van der Waals surface area contributed by atoms with Crippen LogP contribution in [0.2, 0.25) is 0 Å². The first kappa shape index (κ1) is 25.0. The van der Waals surface area contributed by atoms with Crippen molar-refractivity contribution in [3.8, 4) is 23.8 Å². The van der Waals surface area contributed by atoms with Crippen LogP contribution in [0.25, 0.3) is 10.2 Å². The number of thiazole rings is 1. The Kier molecular flexibility index (Phi) is 7.10. The van der Waals surface area contributed by atoms with Crippen LogP contribution in [-0.2, 0) is 16.6 Å². The fraction of sp³-hybridized carbons (Fsp3) is 0.120. The van der Waals surface area contributed by atoms with Gasteiger partial charge in [0.2, 0.25) is 0 Å². The standard InChI is InChI=1S/C25H20FN3O5S2/c1-4-12-29-20-14-21(33-2)22(34-3)15-23(20)35-25(29)27-24(30)16-6-5-7-18(13-16)28-36(31,32)19-10-8-17(26)9-11-19/h1,5-11,13-15,28H,12H2,2-3H3. The molecule has 0 aliphatic carbocycles. The molecule has 3 aromatic carbocycles. The second kappa shape index (κ2) is 10.2. The summed E-state index contributed by atoms with van der Waals surface area (Å²) < 4.78 is 54.0. The molecule has 1 amide bonds. The van der Waals surface area contributed by atoms with Crippen LogP contribution in [0.15, 0.2) is 70.6 Å². The fourth-order valence-corrected chi connectivity index (χ4v) is 5.51. The summed E-state index contributed by atoms with van der Waals surface area (Å²) in [5, 5.41) is 0. The van der Waals surface area contributed by atoms with E-state index < -0.39 is 21.7 Å². The first-order chi connectivity index (χ1) is 17.2. The Morgan fingerprint density at radius 2 is 1.81 bits per heavy atom. The Hall–Kier alpha value is -4.14. The van der Waals surface area contributed by atoms with Crippen LogP contribution in [0, 0.1) is 18.2 Å². The molecule has 0 bridgehead atoms. The van der Waals surface area contributed by atoms with Crippen molar-refractivity contribution in [3.05, 3.63) is 76.8 Å². The highest BCUT2D eigenvalue weighted by molar-refractivity contribution is 7.92. The molecule has 0 atom stereocenters. The summed E-state index contributed by atoms with van der Waals surface area (Å²) in [6.45, 7) is 0.166. The minimum atomic E-state index is -3.98. The summed E-state index contributed by atoms with van der Waals surface area (Å²) in [7, 11) is -0.934. The molecule has 0 fully saturated rings. The maximum atomic E-state index is 13.2. The molecule has 0 saturated carbocycles. The molecule has 1 N–H and O–H groups in total. The van der Waals surface area contributed by atoms with E-state index in [2.05, 4.69) is 15.6 Å². The second-order valence-electron chi connectivity index (χ2n) is 7.41. The smallest absolute Gasteiger partial charge is 0.279 e. The highest BCUT2D eigenvalue weighted by Gasteiger charge is 2.16. The molecule has 1 aromatic heterocycles. The van der Waals surface area contributed by atoms with Gasteiger partial charge in [0.05, 0.1) is 35.9 Å². The van der Waals surface area contributed by atoms with E-state index in [-0.39, 0.29) is 22.7 Å². The van der Waals surface area contributed by atoms with Gasteiger partial charge in [-0.15, -0.1) is 6.42 Å². The number of hydrogen-bond acceptors (Lipinski definition) is 6. The van der Waals surface area contributed by atoms with Gasteiger partial charge in [0.1, 0.15) is 5.82 Å². The van der Waals surface area contributed by atoms with E-state index in [9.17, 15) is 17.6 Å². The maximum absolute atomic E-state index is 13.2. The quantitative estimate of drug-likeness (QED) is 0.367. The number of hydrogen-bond donors (Lipinski definition) is 1. The van der Waals surface area contributed by atoms with E-state index in [1.54, 1.807) is 16.7 Å². The van der Waals surface area contributed by atoms with E-state index in [4.69, 9.17) is 15.9 Å². The zero-order valence-electron chi connectivity index (χ0n) is 19.2. The predicted molar refractivity (Wildman–Crippen MR) is 135 cm³/mol. The lowest BCUT2D eigenvalue weighted by molar-refractivity contribution is 0.0998. The van der Waals surface area contributed by atoms with Crippen molar-refractivity contribution in [1.29, 1.82) is 0 Å². The van der Waals surface area contributed by atoms with Crippen molar-refractivity contribution in [2.24, 2.45) is 4.99 Å². The number of rotatable bonds is 7. The number of terminal acetylenes is 1. The number of halogens is 1. The van der Waals surface area contributed by atoms with E-state index >= 15 is 0 Å². The second-order valence-corrected chi connectivity index (χ2v) is 10.1. The van der Waals surface area contributed by atoms with Gasteiger partial charge in [-0.25, -0.2) is 12.8 Å². The van der Waals surface area contributed by atoms with Crippen LogP contribution in [0.3, 0.4) is 0 Å². The first-order valence-corrected chi connectivity index (χ1v) is 12.7. The van der Waals surface area contributed by atoms with Crippen LogP contribution in [0.1, 0.15) is 10.4 Å². The van der Waals surface area contributed by atoms with Gasteiger partial charge in [-0.3, -0.25) is 9.52 Å². The minimum Gasteiger partial charge on any atom is -0.493 e. The first-order valence-electron chi connectivity index (χ1n) is 10.4. The van der Waals surface area contributed by atoms with Crippen LogP contribution < -0.4 is 19.0 Å². The number of nitrogens with one attached hydrogen (secondary N) is 1. The van der Waals surface area contributed by atoms with E-state index in [1.165, 1.54) is 49.8 Å². The van der Waals surface area contributed by atoms with E-state index in [0.29, 0.717) is 16.3 Å². The Morgan fingerprint density at radius 3 is 2.47 bits per heavy atom. The van der Waals surface area contributed by atoms with Gasteiger partial charge in [-0.2, -0.15) is 4.99 Å². The number of anilines is 1. The minimum absolute atomic E-state index is 0.114. The van der Waals surface area contributed by atoms with Crippen molar-refractivity contribution < 1.29 is 27.1 Å². The molecule has 0 saturated heterocycles. The number of sulfonamides is 1. The molecular weight excluding hydrogens is 505 g/mol. The number of methoxy groups -OCH3 is 2. The molecule has 0 radical (unpaired) electrons. The average Bonchev–Trinajstić information content (AvgIpc) is 3.19. The van der Waals surface area contributed by atoms with E-state index in [1.807, 2.05) is 0 Å². The van der Waals surface area contributed by atoms with Gasteiger partial charge >= 0.3 is 0 Å². The van der Waals surface area contributed by atoms with Crippen LogP contribution >= 0.6 is 11.3 Å². The largest absolute Gasteiger partial charge is 0.493 e. The zero-order valence-corrected chi connectivity index (χ0v) is 20.8. The predicted octanol–water partition coefficient (Wildman–Crippen LogP) is 4.03. The SMILES string of the molecule is C#CCn1c(=NC(=O)c2cccc(NS(=O)(=O)c3ccc(F)cc3)c2)sc2cc(OC)c(OC)cc21. The molecule has 8 nitrogen and oxygen atoms in total. The number of carbonyl (C=O) groups excluding carboxylic acids is 1. The molecular formula is C25H20FN3O5S2. The molecule has 36 heavy (non-hydrogen) atoms. The lowest BCUT2D eigenvalue weighted by Crippen LogP contribution is -2.17. The average molecular weight is 526 g/mol. The van der Waals surface area contributed by atoms with Gasteiger partial charge < -0.3 is 14.0 Å². The molecule has 0 aliphatic rings. The third-order valence-electron chi connectivity index (χ3n) is 5.12. The monoisotopic (exact) mass is 525 g/mol. The number of aromatic nitrogens is 1. The van der Waals surface area contributed by atoms with Crippen LogP contribution in [0.4, 0.5) is 10.1 Å². The van der Waals surface area contributed by atoms with Crippen LogP contribution in [-0.4, -0.2) is 33.1 Å². The lowest BCUT2D eigenvalue weighted by atomic mass is 10.2. The van der Waals surface area contributed by atoms with Gasteiger partial charge in [-0.1, -0.05) is 23.3 Å². The number of carbonyl (C=O) groups is 1. The summed E-state index contributed by atoms with van der Waals surface area (Å²) in [6.07, 6.45) is 5.55. The van der Waals surface area contributed by atoms with Gasteiger partial charge in [-0.05, 0) is 42.5 Å². The zero-order chi connectivity index (χ0) is 25.9. The Labute approximate surface area is 210 Å². The molecule has 0 spiro atoms. The number of nitrogens with zero attached hydrogens (tertiary/aromatic N) is 2. The van der Waals surface area contributed by atoms with Crippen molar-refractivity contribution in [3.63, 3.8) is 0 Å². The Balaban J connectivity index is 1.70. The molecule has 4 aromatic rings. The van der Waals surface area contributed by atoms with Gasteiger partial charge in [0.25, 0.3) is 15.9 Å². The highest BCUT2D eigenvalue weighted by Crippen LogP contribution is 2.33. The van der Waals surface area contributed by atoms with Crippen LogP contribution in [0.5, 0.6) is 11.5 Å². The normalized spacial score (nSPS) is 11.8. The number of fused-ring (bicyclic) bond motifs is 1. The molecule has 11 heteroatoms. The maximum Gasteiger partial charge on any atom is 0.279 e. The summed E-state index contributed by atoms with van der Waals surface area (Å²) in [5.41, 5.74) is 1.04. The van der Waals surface area contributed by atoms with Crippen molar-refractivity contribution in [2.45, 2.75) is 11.4 Å². The number of amides is 1. The fourth-order valence-electron chi connectivity index (χ4n) is 3.42. The van der Waals surface area contributed by atoms with E-state index in [0.717, 1.165) is 34.5 Å². The van der Waals surface area contributed by atoms with Crippen molar-refractivity contribution >= 4 is 43.2 Å². The highest BCUT2D eigenvalue weighted by atomic mass is 32.2. The molecule has 0 unspecified atom stereocenters.